The number of fused-ring (bicyclic) bond motifs is 1. The molecule has 0 spiro atoms. The number of amides is 2. The van der Waals surface area contributed by atoms with Crippen molar-refractivity contribution in [3.05, 3.63) is 47.0 Å². The number of carbonyl (C=O) groups excluding carboxylic acids is 2. The Balaban J connectivity index is 1.75. The molecule has 3 rings (SSSR count). The fourth-order valence-corrected chi connectivity index (χ4v) is 3.82. The number of benzene rings is 1. The van der Waals surface area contributed by atoms with E-state index in [0.717, 1.165) is 21.6 Å². The van der Waals surface area contributed by atoms with Gasteiger partial charge in [0, 0.05) is 31.9 Å². The molecule has 136 valence electrons. The Morgan fingerprint density at radius 1 is 1.27 bits per heavy atom. The normalized spacial score (nSPS) is 10.9. The Morgan fingerprint density at radius 2 is 2.00 bits per heavy atom. The van der Waals surface area contributed by atoms with Gasteiger partial charge < -0.3 is 10.2 Å². The molecule has 26 heavy (non-hydrogen) atoms. The molecule has 0 aliphatic carbocycles. The first-order chi connectivity index (χ1) is 12.5. The van der Waals surface area contributed by atoms with Crippen LogP contribution in [0, 0.1) is 6.92 Å². The smallest absolute Gasteiger partial charge is 0.261 e. The predicted octanol–water partition coefficient (Wildman–Crippen LogP) is 2.99. The summed E-state index contributed by atoms with van der Waals surface area (Å²) in [6.07, 6.45) is 0.468. The summed E-state index contributed by atoms with van der Waals surface area (Å²) in [5, 5.41) is 8.46. The van der Waals surface area contributed by atoms with E-state index in [4.69, 9.17) is 0 Å². The zero-order valence-electron chi connectivity index (χ0n) is 15.2. The van der Waals surface area contributed by atoms with E-state index >= 15 is 0 Å². The van der Waals surface area contributed by atoms with Crippen molar-refractivity contribution in [2.24, 2.45) is 0 Å². The van der Waals surface area contributed by atoms with Gasteiger partial charge in [-0.15, -0.1) is 11.3 Å². The lowest BCUT2D eigenvalue weighted by molar-refractivity contribution is -0.129. The van der Waals surface area contributed by atoms with Crippen LogP contribution in [0.1, 0.15) is 28.7 Å². The quantitative estimate of drug-likeness (QED) is 0.725. The zero-order chi connectivity index (χ0) is 18.7. The third kappa shape index (κ3) is 3.62. The molecule has 0 fully saturated rings. The fourth-order valence-electron chi connectivity index (χ4n) is 2.72. The summed E-state index contributed by atoms with van der Waals surface area (Å²) >= 11 is 1.43. The van der Waals surface area contributed by atoms with Gasteiger partial charge in [-0.05, 0) is 25.1 Å². The first-order valence-corrected chi connectivity index (χ1v) is 9.39. The van der Waals surface area contributed by atoms with Gasteiger partial charge in [-0.1, -0.05) is 25.1 Å². The van der Waals surface area contributed by atoms with E-state index in [9.17, 15) is 9.59 Å². The maximum atomic E-state index is 12.5. The lowest BCUT2D eigenvalue weighted by atomic mass is 10.3. The molecule has 1 N–H and O–H groups in total. The number of carbonyl (C=O) groups is 2. The molecule has 6 nitrogen and oxygen atoms in total. The molecule has 2 aromatic heterocycles. The first-order valence-electron chi connectivity index (χ1n) is 8.58. The molecule has 0 radical (unpaired) electrons. The summed E-state index contributed by atoms with van der Waals surface area (Å²) in [6.45, 7) is 4.70. The second kappa shape index (κ2) is 7.70. The zero-order valence-corrected chi connectivity index (χ0v) is 16.0. The summed E-state index contributed by atoms with van der Waals surface area (Å²) < 4.78 is 1.87. The van der Waals surface area contributed by atoms with Gasteiger partial charge in [-0.3, -0.25) is 9.59 Å². The number of para-hydroxylation sites is 1. The summed E-state index contributed by atoms with van der Waals surface area (Å²) in [7, 11) is 1.75. The largest absolute Gasteiger partial charge is 0.350 e. The molecule has 0 bridgehead atoms. The average Bonchev–Trinajstić information content (AvgIpc) is 3.22. The number of nitrogens with one attached hydrogen (secondary N) is 1. The van der Waals surface area contributed by atoms with Crippen LogP contribution in [0.25, 0.3) is 15.9 Å². The highest BCUT2D eigenvalue weighted by molar-refractivity contribution is 7.20. The molecule has 0 unspecified atom stereocenters. The van der Waals surface area contributed by atoms with Gasteiger partial charge in [-0.25, -0.2) is 4.68 Å². The van der Waals surface area contributed by atoms with E-state index in [1.54, 1.807) is 11.9 Å². The molecule has 7 heteroatoms. The number of thiophene rings is 1. The molecule has 1 aromatic carbocycles. The molecule has 0 atom stereocenters. The van der Waals surface area contributed by atoms with E-state index in [1.165, 1.54) is 11.3 Å². The Kier molecular flexibility index (Phi) is 5.37. The lowest BCUT2D eigenvalue weighted by Crippen LogP contribution is -2.35. The van der Waals surface area contributed by atoms with Crippen molar-refractivity contribution < 1.29 is 9.59 Å². The van der Waals surface area contributed by atoms with Crippen LogP contribution in [-0.4, -0.2) is 46.6 Å². The maximum absolute atomic E-state index is 12.5. The van der Waals surface area contributed by atoms with Crippen LogP contribution in [0.15, 0.2) is 36.4 Å². The molecule has 2 heterocycles. The van der Waals surface area contributed by atoms with E-state index in [1.807, 2.05) is 54.9 Å². The van der Waals surface area contributed by atoms with Gasteiger partial charge in [0.05, 0.1) is 16.3 Å². The summed E-state index contributed by atoms with van der Waals surface area (Å²) in [4.78, 5) is 27.2. The van der Waals surface area contributed by atoms with Crippen LogP contribution in [0.4, 0.5) is 0 Å². The van der Waals surface area contributed by atoms with Crippen molar-refractivity contribution >= 4 is 33.4 Å². The highest BCUT2D eigenvalue weighted by Gasteiger charge is 2.17. The molecule has 3 aromatic rings. The summed E-state index contributed by atoms with van der Waals surface area (Å²) in [5.41, 5.74) is 1.87. The monoisotopic (exact) mass is 370 g/mol. The van der Waals surface area contributed by atoms with Gasteiger partial charge in [0.2, 0.25) is 5.91 Å². The third-order valence-corrected chi connectivity index (χ3v) is 5.34. The SMILES string of the molecule is CCC(=O)N(C)CCNC(=O)c1cc2c(C)nn(-c3ccccc3)c2s1. The fraction of sp³-hybridized carbons (Fsp3) is 0.316. The summed E-state index contributed by atoms with van der Waals surface area (Å²) in [6, 6.07) is 11.8. The Hall–Kier alpha value is -2.67. The molecule has 0 aliphatic rings. The van der Waals surface area contributed by atoms with Crippen LogP contribution in [0.5, 0.6) is 0 Å². The topological polar surface area (TPSA) is 67.2 Å². The molecular weight excluding hydrogens is 348 g/mol. The third-order valence-electron chi connectivity index (χ3n) is 4.23. The number of aromatic nitrogens is 2. The van der Waals surface area contributed by atoms with E-state index in [0.29, 0.717) is 24.4 Å². The number of nitrogens with zero attached hydrogens (tertiary/aromatic N) is 3. The van der Waals surface area contributed by atoms with Gasteiger partial charge in [0.1, 0.15) is 4.83 Å². The minimum Gasteiger partial charge on any atom is -0.350 e. The van der Waals surface area contributed by atoms with E-state index in [2.05, 4.69) is 10.4 Å². The van der Waals surface area contributed by atoms with Crippen LogP contribution in [0.2, 0.25) is 0 Å². The van der Waals surface area contributed by atoms with E-state index < -0.39 is 0 Å². The molecular formula is C19H22N4O2S. The minimum absolute atomic E-state index is 0.0692. The second-order valence-electron chi connectivity index (χ2n) is 6.09. The molecule has 0 saturated carbocycles. The van der Waals surface area contributed by atoms with Crippen molar-refractivity contribution in [1.82, 2.24) is 20.0 Å². The standard InChI is InChI=1S/C19H22N4O2S/c1-4-17(24)22(3)11-10-20-18(25)16-12-15-13(2)21-23(19(15)26-16)14-8-6-5-7-9-14/h5-9,12H,4,10-11H2,1-3H3,(H,20,25). The predicted molar refractivity (Wildman–Crippen MR) is 104 cm³/mol. The van der Waals surface area contributed by atoms with Gasteiger partial charge >= 0.3 is 0 Å². The highest BCUT2D eigenvalue weighted by atomic mass is 32.1. The maximum Gasteiger partial charge on any atom is 0.261 e. The molecule has 0 saturated heterocycles. The Labute approximate surface area is 156 Å². The number of aryl methyl sites for hydroxylation is 1. The van der Waals surface area contributed by atoms with Gasteiger partial charge in [0.15, 0.2) is 0 Å². The van der Waals surface area contributed by atoms with Crippen LogP contribution in [-0.2, 0) is 4.79 Å². The molecule has 0 aliphatic heterocycles. The van der Waals surface area contributed by atoms with Crippen molar-refractivity contribution in [2.45, 2.75) is 20.3 Å². The van der Waals surface area contributed by atoms with Crippen LogP contribution in [0.3, 0.4) is 0 Å². The first kappa shape index (κ1) is 18.1. The van der Waals surface area contributed by atoms with Crippen LogP contribution < -0.4 is 5.32 Å². The van der Waals surface area contributed by atoms with Gasteiger partial charge in [-0.2, -0.15) is 5.10 Å². The number of hydrogen-bond acceptors (Lipinski definition) is 4. The van der Waals surface area contributed by atoms with E-state index in [-0.39, 0.29) is 11.8 Å². The lowest BCUT2D eigenvalue weighted by Gasteiger charge is -2.16. The number of likely N-dealkylation sites (N-methyl/N-ethyl adjacent to an activating group) is 1. The minimum atomic E-state index is -0.123. The Bertz CT molecular complexity index is 930. The molecule has 2 amide bonds. The Morgan fingerprint density at radius 3 is 2.69 bits per heavy atom. The van der Waals surface area contributed by atoms with Crippen molar-refractivity contribution in [3.63, 3.8) is 0 Å². The van der Waals surface area contributed by atoms with Gasteiger partial charge in [0.25, 0.3) is 5.91 Å². The number of hydrogen-bond donors (Lipinski definition) is 1. The highest BCUT2D eigenvalue weighted by Crippen LogP contribution is 2.30. The summed E-state index contributed by atoms with van der Waals surface area (Å²) in [5.74, 6) is -0.0535. The van der Waals surface area contributed by atoms with Crippen molar-refractivity contribution in [1.29, 1.82) is 0 Å². The van der Waals surface area contributed by atoms with Crippen molar-refractivity contribution in [3.8, 4) is 5.69 Å². The second-order valence-corrected chi connectivity index (χ2v) is 7.12. The number of rotatable bonds is 6. The average molecular weight is 370 g/mol. The van der Waals surface area contributed by atoms with Crippen LogP contribution >= 0.6 is 11.3 Å². The van der Waals surface area contributed by atoms with Crippen molar-refractivity contribution in [2.75, 3.05) is 20.1 Å².